The molecule has 1 aromatic heterocycles. The van der Waals surface area contributed by atoms with E-state index in [4.69, 9.17) is 16.7 Å². The average Bonchev–Trinajstić information content (AvgIpc) is 2.74. The molecule has 124 valence electrons. The Hall–Kier alpha value is -1.90. The van der Waals surface area contributed by atoms with Crippen molar-refractivity contribution in [1.29, 1.82) is 0 Å². The van der Waals surface area contributed by atoms with Crippen LogP contribution in [0.1, 0.15) is 21.7 Å². The van der Waals surface area contributed by atoms with Crippen molar-refractivity contribution in [3.63, 3.8) is 0 Å². The van der Waals surface area contributed by atoms with Crippen LogP contribution in [0.25, 0.3) is 0 Å². The number of nitrogens with two attached hydrogens (primary N) is 1. The van der Waals surface area contributed by atoms with Crippen LogP contribution < -0.4 is 10.5 Å². The molecule has 7 nitrogen and oxygen atoms in total. The predicted molar refractivity (Wildman–Crippen MR) is 86.8 cm³/mol. The second-order valence-electron chi connectivity index (χ2n) is 5.07. The molecule has 0 fully saturated rings. The van der Waals surface area contributed by atoms with Crippen molar-refractivity contribution >= 4 is 27.5 Å². The van der Waals surface area contributed by atoms with E-state index in [0.29, 0.717) is 18.0 Å². The van der Waals surface area contributed by atoms with Crippen LogP contribution in [-0.4, -0.2) is 30.7 Å². The minimum Gasteiger partial charge on any atom is -0.350 e. The number of sulfonamides is 1. The Labute approximate surface area is 139 Å². The molecule has 1 amide bonds. The highest BCUT2D eigenvalue weighted by Gasteiger charge is 2.17. The normalized spacial score (nSPS) is 11.5. The Morgan fingerprint density at radius 2 is 1.96 bits per heavy atom. The van der Waals surface area contributed by atoms with Gasteiger partial charge in [-0.15, -0.1) is 0 Å². The zero-order valence-electron chi connectivity index (χ0n) is 12.7. The third kappa shape index (κ3) is 4.10. The lowest BCUT2D eigenvalue weighted by atomic mass is 10.1. The molecule has 23 heavy (non-hydrogen) atoms. The Kier molecular flexibility index (Phi) is 5.08. The molecular formula is C14H17ClN4O3S. The van der Waals surface area contributed by atoms with Gasteiger partial charge in [0.15, 0.2) is 5.69 Å². The third-order valence-electron chi connectivity index (χ3n) is 3.43. The van der Waals surface area contributed by atoms with Gasteiger partial charge < -0.3 is 5.32 Å². The van der Waals surface area contributed by atoms with Crippen molar-refractivity contribution in [2.45, 2.75) is 18.2 Å². The Morgan fingerprint density at radius 1 is 1.35 bits per heavy atom. The van der Waals surface area contributed by atoms with Gasteiger partial charge in [0.1, 0.15) is 0 Å². The minimum absolute atomic E-state index is 0.0565. The maximum Gasteiger partial charge on any atom is 0.273 e. The van der Waals surface area contributed by atoms with Gasteiger partial charge in [-0.05, 0) is 31.0 Å². The summed E-state index contributed by atoms with van der Waals surface area (Å²) in [6.07, 6.45) is 0.542. The van der Waals surface area contributed by atoms with E-state index in [9.17, 15) is 13.2 Å². The number of amides is 1. The topological polar surface area (TPSA) is 107 Å². The van der Waals surface area contributed by atoms with Crippen molar-refractivity contribution in [2.24, 2.45) is 12.2 Å². The zero-order valence-corrected chi connectivity index (χ0v) is 14.3. The standard InChI is InChI=1S/C14H17ClN4O3S/c1-9-12(15)13(18-19(9)2)14(20)17-8-7-10-3-5-11(6-4-10)23(16,21)22/h3-6H,7-8H2,1-2H3,(H,17,20)(H2,16,21,22). The van der Waals surface area contributed by atoms with Crippen molar-refractivity contribution in [3.05, 3.63) is 46.2 Å². The molecule has 2 aromatic rings. The second-order valence-corrected chi connectivity index (χ2v) is 7.01. The van der Waals surface area contributed by atoms with Gasteiger partial charge in [0.25, 0.3) is 5.91 Å². The van der Waals surface area contributed by atoms with Crippen molar-refractivity contribution < 1.29 is 13.2 Å². The van der Waals surface area contributed by atoms with E-state index < -0.39 is 10.0 Å². The van der Waals surface area contributed by atoms with Crippen LogP contribution in [-0.2, 0) is 23.5 Å². The largest absolute Gasteiger partial charge is 0.350 e. The number of halogens is 1. The molecule has 0 aliphatic rings. The molecular weight excluding hydrogens is 340 g/mol. The van der Waals surface area contributed by atoms with Gasteiger partial charge >= 0.3 is 0 Å². The highest BCUT2D eigenvalue weighted by molar-refractivity contribution is 7.89. The van der Waals surface area contributed by atoms with E-state index >= 15 is 0 Å². The van der Waals surface area contributed by atoms with E-state index in [1.165, 1.54) is 12.1 Å². The molecule has 0 saturated heterocycles. The molecule has 0 aliphatic carbocycles. The van der Waals surface area contributed by atoms with Crippen LogP contribution in [0.15, 0.2) is 29.2 Å². The zero-order chi connectivity index (χ0) is 17.2. The molecule has 3 N–H and O–H groups in total. The number of benzene rings is 1. The molecule has 9 heteroatoms. The number of carbonyl (C=O) groups excluding carboxylic acids is 1. The lowest BCUT2D eigenvalue weighted by molar-refractivity contribution is 0.0948. The summed E-state index contributed by atoms with van der Waals surface area (Å²) in [5.41, 5.74) is 1.78. The molecule has 2 rings (SSSR count). The third-order valence-corrected chi connectivity index (χ3v) is 4.81. The lowest BCUT2D eigenvalue weighted by Crippen LogP contribution is -2.26. The van der Waals surface area contributed by atoms with Gasteiger partial charge in [0.2, 0.25) is 10.0 Å². The first-order valence-corrected chi connectivity index (χ1v) is 8.71. The number of nitrogens with one attached hydrogen (secondary N) is 1. The SMILES string of the molecule is Cc1c(Cl)c(C(=O)NCCc2ccc(S(N)(=O)=O)cc2)nn1C. The Morgan fingerprint density at radius 3 is 2.43 bits per heavy atom. The lowest BCUT2D eigenvalue weighted by Gasteiger charge is -2.05. The van der Waals surface area contributed by atoms with Gasteiger partial charge in [-0.2, -0.15) is 5.10 Å². The number of rotatable bonds is 5. The van der Waals surface area contributed by atoms with Gasteiger partial charge in [-0.25, -0.2) is 13.6 Å². The summed E-state index contributed by atoms with van der Waals surface area (Å²) in [6.45, 7) is 2.15. The Balaban J connectivity index is 1.94. The van der Waals surface area contributed by atoms with Crippen LogP contribution in [0, 0.1) is 6.92 Å². The average molecular weight is 357 g/mol. The monoisotopic (exact) mass is 356 g/mol. The van der Waals surface area contributed by atoms with Crippen LogP contribution >= 0.6 is 11.6 Å². The number of aryl methyl sites for hydroxylation is 1. The van der Waals surface area contributed by atoms with E-state index in [1.807, 2.05) is 0 Å². The van der Waals surface area contributed by atoms with Gasteiger partial charge in [-0.1, -0.05) is 23.7 Å². The van der Waals surface area contributed by atoms with E-state index in [1.54, 1.807) is 30.8 Å². The fourth-order valence-corrected chi connectivity index (χ4v) is 2.74. The minimum atomic E-state index is -3.69. The number of nitrogens with zero attached hydrogens (tertiary/aromatic N) is 2. The summed E-state index contributed by atoms with van der Waals surface area (Å²) >= 11 is 6.05. The van der Waals surface area contributed by atoms with E-state index in [2.05, 4.69) is 10.4 Å². The highest BCUT2D eigenvalue weighted by Crippen LogP contribution is 2.18. The van der Waals surface area contributed by atoms with Gasteiger partial charge in [0, 0.05) is 13.6 Å². The summed E-state index contributed by atoms with van der Waals surface area (Å²) in [7, 11) is -1.98. The maximum atomic E-state index is 12.0. The molecule has 0 spiro atoms. The van der Waals surface area contributed by atoms with Gasteiger partial charge in [0.05, 0.1) is 15.6 Å². The second kappa shape index (κ2) is 6.69. The molecule has 0 atom stereocenters. The van der Waals surface area contributed by atoms with Crippen molar-refractivity contribution in [1.82, 2.24) is 15.1 Å². The number of hydrogen-bond acceptors (Lipinski definition) is 4. The van der Waals surface area contributed by atoms with Crippen LogP contribution in [0.4, 0.5) is 0 Å². The molecule has 0 bridgehead atoms. The maximum absolute atomic E-state index is 12.0. The summed E-state index contributed by atoms with van der Waals surface area (Å²) < 4.78 is 23.9. The first-order valence-electron chi connectivity index (χ1n) is 6.79. The predicted octanol–water partition coefficient (Wildman–Crippen LogP) is 1.00. The highest BCUT2D eigenvalue weighted by atomic mass is 35.5. The van der Waals surface area contributed by atoms with Crippen LogP contribution in [0.3, 0.4) is 0 Å². The molecule has 1 heterocycles. The van der Waals surface area contributed by atoms with Gasteiger partial charge in [-0.3, -0.25) is 9.48 Å². The Bertz CT molecular complexity index is 828. The summed E-state index contributed by atoms with van der Waals surface area (Å²) in [5.74, 6) is -0.347. The molecule has 0 radical (unpaired) electrons. The first-order chi connectivity index (χ1) is 10.7. The summed E-state index contributed by atoms with van der Waals surface area (Å²) in [4.78, 5) is 12.1. The van der Waals surface area contributed by atoms with E-state index in [-0.39, 0.29) is 16.5 Å². The molecule has 0 saturated carbocycles. The number of hydrogen-bond donors (Lipinski definition) is 2. The van der Waals surface area contributed by atoms with E-state index in [0.717, 1.165) is 11.3 Å². The number of aromatic nitrogens is 2. The van der Waals surface area contributed by atoms with Crippen LogP contribution in [0.5, 0.6) is 0 Å². The molecule has 1 aromatic carbocycles. The van der Waals surface area contributed by atoms with Crippen molar-refractivity contribution in [3.8, 4) is 0 Å². The fourth-order valence-electron chi connectivity index (χ4n) is 1.98. The number of primary sulfonamides is 1. The summed E-state index contributed by atoms with van der Waals surface area (Å²) in [6, 6.07) is 6.19. The smallest absolute Gasteiger partial charge is 0.273 e. The van der Waals surface area contributed by atoms with Crippen LogP contribution in [0.2, 0.25) is 5.02 Å². The first kappa shape index (κ1) is 17.5. The molecule has 0 aliphatic heterocycles. The number of carbonyl (C=O) groups is 1. The molecule has 0 unspecified atom stereocenters. The summed E-state index contributed by atoms with van der Waals surface area (Å²) in [5, 5.41) is 12.2. The quantitative estimate of drug-likeness (QED) is 0.833. The fraction of sp³-hybridized carbons (Fsp3) is 0.286. The van der Waals surface area contributed by atoms with Crippen molar-refractivity contribution in [2.75, 3.05) is 6.54 Å².